The maximum absolute atomic E-state index is 13.0. The number of furan rings is 1. The first-order valence-corrected chi connectivity index (χ1v) is 8.83. The van der Waals surface area contributed by atoms with Crippen molar-refractivity contribution in [2.75, 3.05) is 24.7 Å². The van der Waals surface area contributed by atoms with Crippen molar-refractivity contribution in [1.29, 1.82) is 0 Å². The van der Waals surface area contributed by atoms with Crippen LogP contribution in [0.1, 0.15) is 38.0 Å². The van der Waals surface area contributed by atoms with Crippen LogP contribution in [0.4, 0.5) is 11.4 Å². The van der Waals surface area contributed by atoms with E-state index in [0.29, 0.717) is 18.8 Å². The number of benzene rings is 1. The normalized spacial score (nSPS) is 10.9. The molecule has 2 rings (SSSR count). The molecule has 1 heterocycles. The highest BCUT2D eigenvalue weighted by Gasteiger charge is 2.23. The molecule has 0 aliphatic heterocycles. The molecule has 2 N–H and O–H groups in total. The van der Waals surface area contributed by atoms with Gasteiger partial charge in [0, 0.05) is 37.9 Å². The summed E-state index contributed by atoms with van der Waals surface area (Å²) in [7, 11) is 3.99. The minimum Gasteiger partial charge on any atom is -0.467 e. The second kappa shape index (κ2) is 8.60. The van der Waals surface area contributed by atoms with Gasteiger partial charge in [-0.2, -0.15) is 0 Å². The van der Waals surface area contributed by atoms with Gasteiger partial charge in [0.1, 0.15) is 5.76 Å². The number of hydrogen-bond acceptors (Lipinski definition) is 4. The fraction of sp³-hybridized carbons (Fsp3) is 0.450. The molecule has 0 fully saturated rings. The highest BCUT2D eigenvalue weighted by Crippen LogP contribution is 2.25. The Bertz CT molecular complexity index is 676. The Labute approximate surface area is 150 Å². The first-order valence-electron chi connectivity index (χ1n) is 8.83. The lowest BCUT2D eigenvalue weighted by atomic mass is 10.0. The molecule has 1 aromatic heterocycles. The summed E-state index contributed by atoms with van der Waals surface area (Å²) in [5.74, 6) is 0.974. The molecule has 5 heteroatoms. The number of amides is 1. The van der Waals surface area contributed by atoms with Gasteiger partial charge in [0.25, 0.3) is 0 Å². The molecule has 2 aromatic rings. The van der Waals surface area contributed by atoms with Crippen LogP contribution in [0.2, 0.25) is 0 Å². The van der Waals surface area contributed by atoms with E-state index >= 15 is 0 Å². The van der Waals surface area contributed by atoms with Crippen LogP contribution in [-0.2, 0) is 17.9 Å². The SMILES string of the molecule is CCC(CC)C(=O)N(Cc1ccco1)Cc1cc(N)ccc1N(C)C. The summed E-state index contributed by atoms with van der Waals surface area (Å²) in [6.07, 6.45) is 3.31. The van der Waals surface area contributed by atoms with Crippen LogP contribution in [0.25, 0.3) is 0 Å². The average Bonchev–Trinajstić information content (AvgIpc) is 3.08. The monoisotopic (exact) mass is 343 g/mol. The smallest absolute Gasteiger partial charge is 0.226 e. The molecule has 25 heavy (non-hydrogen) atoms. The zero-order valence-corrected chi connectivity index (χ0v) is 15.7. The van der Waals surface area contributed by atoms with Crippen molar-refractivity contribution in [2.45, 2.75) is 39.8 Å². The van der Waals surface area contributed by atoms with E-state index in [-0.39, 0.29) is 11.8 Å². The van der Waals surface area contributed by atoms with E-state index in [2.05, 4.69) is 13.8 Å². The van der Waals surface area contributed by atoms with Crippen LogP contribution < -0.4 is 10.6 Å². The Morgan fingerprint density at radius 2 is 1.88 bits per heavy atom. The van der Waals surface area contributed by atoms with Gasteiger partial charge in [-0.15, -0.1) is 0 Å². The lowest BCUT2D eigenvalue weighted by molar-refractivity contribution is -0.137. The van der Waals surface area contributed by atoms with Crippen molar-refractivity contribution in [3.05, 3.63) is 47.9 Å². The summed E-state index contributed by atoms with van der Waals surface area (Å²) in [5, 5.41) is 0. The van der Waals surface area contributed by atoms with Crippen molar-refractivity contribution >= 4 is 17.3 Å². The van der Waals surface area contributed by atoms with Gasteiger partial charge in [0.05, 0.1) is 12.8 Å². The highest BCUT2D eigenvalue weighted by atomic mass is 16.3. The third-order valence-corrected chi connectivity index (χ3v) is 4.52. The third kappa shape index (κ3) is 4.78. The van der Waals surface area contributed by atoms with Crippen molar-refractivity contribution in [2.24, 2.45) is 5.92 Å². The van der Waals surface area contributed by atoms with Crippen molar-refractivity contribution in [3.8, 4) is 0 Å². The Morgan fingerprint density at radius 3 is 2.44 bits per heavy atom. The molecule has 0 spiro atoms. The lowest BCUT2D eigenvalue weighted by Gasteiger charge is -2.28. The van der Waals surface area contributed by atoms with E-state index in [0.717, 1.165) is 29.9 Å². The molecule has 1 amide bonds. The topological polar surface area (TPSA) is 62.7 Å². The Balaban J connectivity index is 2.32. The van der Waals surface area contributed by atoms with E-state index in [1.165, 1.54) is 0 Å². The highest BCUT2D eigenvalue weighted by molar-refractivity contribution is 5.79. The van der Waals surface area contributed by atoms with Gasteiger partial charge in [-0.1, -0.05) is 13.8 Å². The molecule has 136 valence electrons. The van der Waals surface area contributed by atoms with Gasteiger partial charge < -0.3 is 20.0 Å². The summed E-state index contributed by atoms with van der Waals surface area (Å²) in [4.78, 5) is 17.0. The number of nitrogens with zero attached hydrogens (tertiary/aromatic N) is 2. The Hall–Kier alpha value is -2.43. The van der Waals surface area contributed by atoms with E-state index in [4.69, 9.17) is 10.2 Å². The van der Waals surface area contributed by atoms with Gasteiger partial charge in [-0.25, -0.2) is 0 Å². The van der Waals surface area contributed by atoms with E-state index in [1.807, 2.05) is 54.2 Å². The average molecular weight is 343 g/mol. The molecular formula is C20H29N3O2. The summed E-state index contributed by atoms with van der Waals surface area (Å²) >= 11 is 0. The number of carbonyl (C=O) groups excluding carboxylic acids is 1. The second-order valence-electron chi connectivity index (χ2n) is 6.57. The van der Waals surface area contributed by atoms with Crippen LogP contribution in [0.3, 0.4) is 0 Å². The number of rotatable bonds is 8. The maximum Gasteiger partial charge on any atom is 0.226 e. The molecule has 0 saturated carbocycles. The van der Waals surface area contributed by atoms with Crippen molar-refractivity contribution in [1.82, 2.24) is 4.90 Å². The Kier molecular flexibility index (Phi) is 6.51. The van der Waals surface area contributed by atoms with Crippen LogP contribution >= 0.6 is 0 Å². The van der Waals surface area contributed by atoms with Gasteiger partial charge in [0.15, 0.2) is 0 Å². The fourth-order valence-electron chi connectivity index (χ4n) is 3.07. The first-order chi connectivity index (χ1) is 12.0. The fourth-order valence-corrected chi connectivity index (χ4v) is 3.07. The molecule has 0 aliphatic carbocycles. The van der Waals surface area contributed by atoms with Gasteiger partial charge >= 0.3 is 0 Å². The molecule has 0 bridgehead atoms. The third-order valence-electron chi connectivity index (χ3n) is 4.52. The van der Waals surface area contributed by atoms with Crippen molar-refractivity contribution in [3.63, 3.8) is 0 Å². The molecule has 0 radical (unpaired) electrons. The molecule has 1 aromatic carbocycles. The predicted molar refractivity (Wildman–Crippen MR) is 102 cm³/mol. The number of nitrogen functional groups attached to an aromatic ring is 1. The molecule has 0 atom stereocenters. The van der Waals surface area contributed by atoms with Crippen LogP contribution in [0, 0.1) is 5.92 Å². The number of hydrogen-bond donors (Lipinski definition) is 1. The number of anilines is 2. The summed E-state index contributed by atoms with van der Waals surface area (Å²) in [5.41, 5.74) is 8.79. The largest absolute Gasteiger partial charge is 0.467 e. The zero-order chi connectivity index (χ0) is 18.4. The summed E-state index contributed by atoms with van der Waals surface area (Å²) in [6, 6.07) is 9.58. The molecule has 0 saturated heterocycles. The second-order valence-corrected chi connectivity index (χ2v) is 6.57. The molecular weight excluding hydrogens is 314 g/mol. The lowest BCUT2D eigenvalue weighted by Crippen LogP contribution is -2.35. The predicted octanol–water partition coefficient (Wildman–Crippen LogP) is 3.89. The van der Waals surface area contributed by atoms with Crippen molar-refractivity contribution < 1.29 is 9.21 Å². The van der Waals surface area contributed by atoms with Crippen LogP contribution in [0.15, 0.2) is 41.0 Å². The molecule has 0 unspecified atom stereocenters. The van der Waals surface area contributed by atoms with E-state index in [9.17, 15) is 4.79 Å². The minimum atomic E-state index is 0.0267. The quantitative estimate of drug-likeness (QED) is 0.739. The van der Waals surface area contributed by atoms with Crippen LogP contribution in [0.5, 0.6) is 0 Å². The summed E-state index contributed by atoms with van der Waals surface area (Å²) in [6.45, 7) is 5.09. The van der Waals surface area contributed by atoms with Crippen LogP contribution in [-0.4, -0.2) is 24.9 Å². The molecule has 5 nitrogen and oxygen atoms in total. The first kappa shape index (κ1) is 18.9. The van der Waals surface area contributed by atoms with Gasteiger partial charge in [-0.05, 0) is 48.7 Å². The Morgan fingerprint density at radius 1 is 1.16 bits per heavy atom. The summed E-state index contributed by atoms with van der Waals surface area (Å²) < 4.78 is 5.47. The minimum absolute atomic E-state index is 0.0267. The standard InChI is InChI=1S/C20H29N3O2/c1-5-15(6-2)20(24)23(14-18-8-7-11-25-18)13-16-12-17(21)9-10-19(16)22(3)4/h7-12,15H,5-6,13-14,21H2,1-4H3. The molecule has 0 aliphatic rings. The number of nitrogens with two attached hydrogens (primary N) is 1. The van der Waals surface area contributed by atoms with Gasteiger partial charge in [0.2, 0.25) is 5.91 Å². The number of carbonyl (C=O) groups is 1. The van der Waals surface area contributed by atoms with Gasteiger partial charge in [-0.3, -0.25) is 4.79 Å². The van der Waals surface area contributed by atoms with E-state index in [1.54, 1.807) is 6.26 Å². The zero-order valence-electron chi connectivity index (χ0n) is 15.7. The maximum atomic E-state index is 13.0. The van der Waals surface area contributed by atoms with E-state index < -0.39 is 0 Å².